The number of sulfone groups is 1. The van der Waals surface area contributed by atoms with Gasteiger partial charge in [0.25, 0.3) is 0 Å². The minimum absolute atomic E-state index is 0.107. The summed E-state index contributed by atoms with van der Waals surface area (Å²) in [6.07, 6.45) is 1.41. The maximum absolute atomic E-state index is 11.3. The van der Waals surface area contributed by atoms with Crippen LogP contribution in [0.5, 0.6) is 0 Å². The van der Waals surface area contributed by atoms with E-state index in [2.05, 4.69) is 5.32 Å². The van der Waals surface area contributed by atoms with Gasteiger partial charge in [-0.25, -0.2) is 13.2 Å². The number of alkyl carbamates (subject to hydrolysis) is 1. The lowest BCUT2D eigenvalue weighted by Crippen LogP contribution is -2.35. The van der Waals surface area contributed by atoms with E-state index in [9.17, 15) is 13.2 Å². The van der Waals surface area contributed by atoms with E-state index in [-0.39, 0.29) is 10.9 Å². The molecule has 0 aliphatic carbocycles. The maximum Gasteiger partial charge on any atom is 0.407 e. The van der Waals surface area contributed by atoms with Crippen LogP contribution in [0.1, 0.15) is 18.0 Å². The maximum atomic E-state index is 11.3. The lowest BCUT2D eigenvalue weighted by molar-refractivity contribution is 0.115. The first-order chi connectivity index (χ1) is 7.97. The number of nitrogens with one attached hydrogen (secondary N) is 1. The van der Waals surface area contributed by atoms with Crippen molar-refractivity contribution in [3.8, 4) is 0 Å². The van der Waals surface area contributed by atoms with Crippen LogP contribution in [0, 0.1) is 0 Å². The first-order valence-corrected chi connectivity index (χ1v) is 7.09. The molecule has 1 aromatic carbocycles. The Labute approximate surface area is 99.7 Å². The van der Waals surface area contributed by atoms with Gasteiger partial charge in [-0.05, 0) is 17.7 Å². The summed E-state index contributed by atoms with van der Waals surface area (Å²) in [5.74, 6) is 0. The molecule has 1 fully saturated rings. The Morgan fingerprint density at radius 3 is 2.47 bits per heavy atom. The molecule has 1 N–H and O–H groups in total. The quantitative estimate of drug-likeness (QED) is 0.863. The summed E-state index contributed by atoms with van der Waals surface area (Å²) in [7, 11) is -3.17. The third kappa shape index (κ3) is 2.76. The summed E-state index contributed by atoms with van der Waals surface area (Å²) in [6, 6.07) is 6.42. The van der Waals surface area contributed by atoms with Crippen LogP contribution in [0.25, 0.3) is 0 Å². The van der Waals surface area contributed by atoms with E-state index in [0.717, 1.165) is 11.8 Å². The number of hydrogen-bond acceptors (Lipinski definition) is 4. The third-order valence-electron chi connectivity index (χ3n) is 2.64. The topological polar surface area (TPSA) is 72.5 Å². The first-order valence-electron chi connectivity index (χ1n) is 5.20. The number of amides is 1. The largest absolute Gasteiger partial charge is 0.449 e. The Bertz CT molecular complexity index is 521. The molecule has 0 spiro atoms. The van der Waals surface area contributed by atoms with Crippen LogP contribution in [0.2, 0.25) is 0 Å². The highest BCUT2D eigenvalue weighted by Crippen LogP contribution is 2.21. The third-order valence-corrected chi connectivity index (χ3v) is 3.77. The number of hydrogen-bond donors (Lipinski definition) is 1. The predicted molar refractivity (Wildman–Crippen MR) is 61.4 cm³/mol. The highest BCUT2D eigenvalue weighted by Gasteiger charge is 2.20. The van der Waals surface area contributed by atoms with Crippen LogP contribution in [0.3, 0.4) is 0 Å². The Morgan fingerprint density at radius 2 is 1.94 bits per heavy atom. The van der Waals surface area contributed by atoms with E-state index in [1.54, 1.807) is 24.3 Å². The lowest BCUT2D eigenvalue weighted by Gasteiger charge is -2.23. The molecule has 1 aliphatic heterocycles. The van der Waals surface area contributed by atoms with Crippen molar-refractivity contribution in [2.45, 2.75) is 17.4 Å². The highest BCUT2D eigenvalue weighted by molar-refractivity contribution is 7.90. The average molecular weight is 255 g/mol. The molecule has 0 aromatic heterocycles. The number of cyclic esters (lactones) is 1. The molecule has 0 unspecified atom stereocenters. The summed E-state index contributed by atoms with van der Waals surface area (Å²) < 4.78 is 27.3. The van der Waals surface area contributed by atoms with Gasteiger partial charge < -0.3 is 10.1 Å². The van der Waals surface area contributed by atoms with Crippen molar-refractivity contribution < 1.29 is 17.9 Å². The van der Waals surface area contributed by atoms with Crippen LogP contribution >= 0.6 is 0 Å². The van der Waals surface area contributed by atoms with Gasteiger partial charge in [0.15, 0.2) is 9.84 Å². The average Bonchev–Trinajstić information content (AvgIpc) is 2.28. The fraction of sp³-hybridized carbons (Fsp3) is 0.364. The fourth-order valence-electron chi connectivity index (χ4n) is 1.72. The van der Waals surface area contributed by atoms with Gasteiger partial charge >= 0.3 is 6.09 Å². The summed E-state index contributed by atoms with van der Waals surface area (Å²) in [5, 5.41) is 2.68. The van der Waals surface area contributed by atoms with Gasteiger partial charge in [0.1, 0.15) is 0 Å². The normalized spacial score (nSPS) is 20.5. The molecule has 17 heavy (non-hydrogen) atoms. The van der Waals surface area contributed by atoms with E-state index < -0.39 is 15.9 Å². The van der Waals surface area contributed by atoms with Gasteiger partial charge in [0.2, 0.25) is 0 Å². The SMILES string of the molecule is CS(=O)(=O)c1ccc([C@@H]2CCOC(=O)N2)cc1. The van der Waals surface area contributed by atoms with Gasteiger partial charge in [0.05, 0.1) is 17.5 Å². The molecule has 6 heteroatoms. The molecule has 92 valence electrons. The van der Waals surface area contributed by atoms with Crippen molar-refractivity contribution >= 4 is 15.9 Å². The van der Waals surface area contributed by atoms with E-state index in [4.69, 9.17) is 4.74 Å². The Hall–Kier alpha value is -1.56. The molecule has 0 radical (unpaired) electrons. The second-order valence-corrected chi connectivity index (χ2v) is 5.98. The van der Waals surface area contributed by atoms with Crippen molar-refractivity contribution in [1.29, 1.82) is 0 Å². The van der Waals surface area contributed by atoms with Crippen molar-refractivity contribution in [3.05, 3.63) is 29.8 Å². The summed E-state index contributed by atoms with van der Waals surface area (Å²) >= 11 is 0. The molecule has 0 bridgehead atoms. The molecule has 1 saturated heterocycles. The number of carbonyl (C=O) groups is 1. The van der Waals surface area contributed by atoms with Gasteiger partial charge in [-0.1, -0.05) is 12.1 Å². The summed E-state index contributed by atoms with van der Waals surface area (Å²) in [5.41, 5.74) is 0.883. The minimum Gasteiger partial charge on any atom is -0.449 e. The number of benzene rings is 1. The second-order valence-electron chi connectivity index (χ2n) is 3.96. The Morgan fingerprint density at radius 1 is 1.29 bits per heavy atom. The molecule has 1 aromatic rings. The fourth-order valence-corrected chi connectivity index (χ4v) is 2.35. The van der Waals surface area contributed by atoms with Crippen LogP contribution in [0.4, 0.5) is 4.79 Å². The molecule has 1 atom stereocenters. The molecule has 5 nitrogen and oxygen atoms in total. The molecular formula is C11H13NO4S. The first kappa shape index (κ1) is 11.9. The standard InChI is InChI=1S/C11H13NO4S/c1-17(14,15)9-4-2-8(3-5-9)10-6-7-16-11(13)12-10/h2-5,10H,6-7H2,1H3,(H,12,13)/t10-/m0/s1. The van der Waals surface area contributed by atoms with E-state index in [0.29, 0.717) is 13.0 Å². The van der Waals surface area contributed by atoms with Gasteiger partial charge in [0, 0.05) is 12.7 Å². The molecule has 1 amide bonds. The van der Waals surface area contributed by atoms with E-state index in [1.165, 1.54) is 0 Å². The second kappa shape index (κ2) is 4.37. The molecule has 2 rings (SSSR count). The van der Waals surface area contributed by atoms with Gasteiger partial charge in [-0.2, -0.15) is 0 Å². The zero-order valence-corrected chi connectivity index (χ0v) is 10.2. The van der Waals surface area contributed by atoms with Crippen molar-refractivity contribution in [1.82, 2.24) is 5.32 Å². The zero-order chi connectivity index (χ0) is 12.5. The van der Waals surface area contributed by atoms with Gasteiger partial charge in [-0.15, -0.1) is 0 Å². The molecule has 1 aliphatic rings. The molecular weight excluding hydrogens is 242 g/mol. The van der Waals surface area contributed by atoms with Crippen LogP contribution in [0.15, 0.2) is 29.2 Å². The van der Waals surface area contributed by atoms with Crippen molar-refractivity contribution in [3.63, 3.8) is 0 Å². The van der Waals surface area contributed by atoms with Crippen molar-refractivity contribution in [2.75, 3.05) is 12.9 Å². The Balaban J connectivity index is 2.20. The Kier molecular flexibility index (Phi) is 3.06. The zero-order valence-electron chi connectivity index (χ0n) is 9.34. The van der Waals surface area contributed by atoms with Crippen molar-refractivity contribution in [2.24, 2.45) is 0 Å². The van der Waals surface area contributed by atoms with Crippen LogP contribution in [-0.2, 0) is 14.6 Å². The summed E-state index contributed by atoms with van der Waals surface area (Å²) in [4.78, 5) is 11.3. The molecule has 1 heterocycles. The van der Waals surface area contributed by atoms with Crippen LogP contribution in [-0.4, -0.2) is 27.4 Å². The number of rotatable bonds is 2. The van der Waals surface area contributed by atoms with E-state index in [1.807, 2.05) is 0 Å². The minimum atomic E-state index is -3.17. The van der Waals surface area contributed by atoms with E-state index >= 15 is 0 Å². The van der Waals surface area contributed by atoms with Gasteiger partial charge in [-0.3, -0.25) is 0 Å². The smallest absolute Gasteiger partial charge is 0.407 e. The lowest BCUT2D eigenvalue weighted by atomic mass is 10.0. The number of carbonyl (C=O) groups excluding carboxylic acids is 1. The molecule has 0 saturated carbocycles. The monoisotopic (exact) mass is 255 g/mol. The van der Waals surface area contributed by atoms with Crippen LogP contribution < -0.4 is 5.32 Å². The highest BCUT2D eigenvalue weighted by atomic mass is 32.2. The summed E-state index contributed by atoms with van der Waals surface area (Å²) in [6.45, 7) is 0.379. The number of ether oxygens (including phenoxy) is 1. The predicted octanol–water partition coefficient (Wildman–Crippen LogP) is 1.26.